The Morgan fingerprint density at radius 1 is 1.67 bits per heavy atom. The molecule has 0 saturated heterocycles. The van der Waals surface area contributed by atoms with Gasteiger partial charge >= 0.3 is 0 Å². The molecular formula is C7H7N3O2. The van der Waals surface area contributed by atoms with E-state index in [1.807, 2.05) is 0 Å². The van der Waals surface area contributed by atoms with Gasteiger partial charge in [-0.15, -0.1) is 5.10 Å². The Balaban J connectivity index is 2.43. The van der Waals surface area contributed by atoms with Crippen LogP contribution in [0.1, 0.15) is 5.56 Å². The van der Waals surface area contributed by atoms with Crippen molar-refractivity contribution in [3.8, 4) is 5.88 Å². The fourth-order valence-corrected chi connectivity index (χ4v) is 1.05. The van der Waals surface area contributed by atoms with Gasteiger partial charge in [0.25, 0.3) is 0 Å². The molecule has 1 aliphatic heterocycles. The zero-order chi connectivity index (χ0) is 8.39. The first kappa shape index (κ1) is 7.02. The van der Waals surface area contributed by atoms with Gasteiger partial charge in [-0.2, -0.15) is 5.10 Å². The molecule has 12 heavy (non-hydrogen) atoms. The Bertz CT molecular complexity index is 324. The Kier molecular flexibility index (Phi) is 1.62. The first-order valence-corrected chi connectivity index (χ1v) is 3.46. The number of ether oxygens (including phenoxy) is 1. The molecule has 62 valence electrons. The second kappa shape index (κ2) is 2.77. The Morgan fingerprint density at radius 2 is 2.58 bits per heavy atom. The van der Waals surface area contributed by atoms with Gasteiger partial charge in [-0.05, 0) is 6.07 Å². The lowest BCUT2D eigenvalue weighted by Gasteiger charge is -1.91. The summed E-state index contributed by atoms with van der Waals surface area (Å²) in [6, 6.07) is 1.80. The molecule has 0 bridgehead atoms. The van der Waals surface area contributed by atoms with E-state index in [1.54, 1.807) is 12.3 Å². The summed E-state index contributed by atoms with van der Waals surface area (Å²) in [5, 5.41) is 11.3. The van der Waals surface area contributed by atoms with Crippen LogP contribution in [0.25, 0.3) is 0 Å². The summed E-state index contributed by atoms with van der Waals surface area (Å²) in [4.78, 5) is 4.64. The van der Waals surface area contributed by atoms with Gasteiger partial charge in [-0.1, -0.05) is 5.16 Å². The lowest BCUT2D eigenvalue weighted by molar-refractivity contribution is 0.211. The number of rotatable bonds is 1. The van der Waals surface area contributed by atoms with Crippen molar-refractivity contribution in [3.63, 3.8) is 0 Å². The molecule has 1 aromatic heterocycles. The molecule has 0 aliphatic carbocycles. The monoisotopic (exact) mass is 165 g/mol. The van der Waals surface area contributed by atoms with Crippen molar-refractivity contribution in [1.82, 2.24) is 10.2 Å². The van der Waals surface area contributed by atoms with Crippen molar-refractivity contribution >= 4 is 5.71 Å². The molecule has 2 rings (SSSR count). The minimum atomic E-state index is 0.405. The SMILES string of the molecule is CON=C1COc2nnccc21. The van der Waals surface area contributed by atoms with Crippen LogP contribution in [-0.2, 0) is 4.84 Å². The summed E-state index contributed by atoms with van der Waals surface area (Å²) >= 11 is 0. The van der Waals surface area contributed by atoms with E-state index in [4.69, 9.17) is 4.74 Å². The van der Waals surface area contributed by atoms with E-state index in [2.05, 4.69) is 20.2 Å². The van der Waals surface area contributed by atoms with Crippen LogP contribution < -0.4 is 4.74 Å². The van der Waals surface area contributed by atoms with E-state index >= 15 is 0 Å². The van der Waals surface area contributed by atoms with Crippen molar-refractivity contribution in [2.75, 3.05) is 13.7 Å². The van der Waals surface area contributed by atoms with Crippen LogP contribution in [0.15, 0.2) is 17.4 Å². The van der Waals surface area contributed by atoms with Crippen LogP contribution in [0.2, 0.25) is 0 Å². The van der Waals surface area contributed by atoms with Gasteiger partial charge in [-0.25, -0.2) is 0 Å². The fraction of sp³-hybridized carbons (Fsp3) is 0.286. The number of fused-ring (bicyclic) bond motifs is 1. The van der Waals surface area contributed by atoms with Crippen LogP contribution in [0.5, 0.6) is 5.88 Å². The molecule has 0 radical (unpaired) electrons. The zero-order valence-electron chi connectivity index (χ0n) is 6.52. The second-order valence-corrected chi connectivity index (χ2v) is 2.26. The molecule has 5 heteroatoms. The molecule has 1 aromatic rings. The Labute approximate surface area is 69.0 Å². The highest BCUT2D eigenvalue weighted by Gasteiger charge is 2.20. The molecule has 0 fully saturated rings. The number of hydrogen-bond donors (Lipinski definition) is 0. The van der Waals surface area contributed by atoms with E-state index in [9.17, 15) is 0 Å². The molecule has 2 heterocycles. The third kappa shape index (κ3) is 0.990. The standard InChI is InChI=1S/C7H7N3O2/c1-11-10-6-4-12-7-5(6)2-3-8-9-7/h2-3H,4H2,1H3. The van der Waals surface area contributed by atoms with E-state index in [0.717, 1.165) is 11.3 Å². The molecule has 1 aliphatic rings. The first-order valence-electron chi connectivity index (χ1n) is 3.46. The third-order valence-corrected chi connectivity index (χ3v) is 1.54. The van der Waals surface area contributed by atoms with Crippen LogP contribution in [0.4, 0.5) is 0 Å². The minimum absolute atomic E-state index is 0.405. The van der Waals surface area contributed by atoms with Gasteiger partial charge in [-0.3, -0.25) is 0 Å². The van der Waals surface area contributed by atoms with E-state index < -0.39 is 0 Å². The molecule has 5 nitrogen and oxygen atoms in total. The van der Waals surface area contributed by atoms with Crippen LogP contribution in [-0.4, -0.2) is 29.6 Å². The topological polar surface area (TPSA) is 56.6 Å². The third-order valence-electron chi connectivity index (χ3n) is 1.54. The van der Waals surface area contributed by atoms with Crippen molar-refractivity contribution in [3.05, 3.63) is 17.8 Å². The van der Waals surface area contributed by atoms with Crippen molar-refractivity contribution in [2.45, 2.75) is 0 Å². The highest BCUT2D eigenvalue weighted by Crippen LogP contribution is 2.20. The quantitative estimate of drug-likeness (QED) is 0.558. The van der Waals surface area contributed by atoms with Gasteiger partial charge in [0.2, 0.25) is 5.88 Å². The van der Waals surface area contributed by atoms with Gasteiger partial charge in [0.15, 0.2) is 0 Å². The van der Waals surface area contributed by atoms with Gasteiger partial charge < -0.3 is 9.57 Å². The normalized spacial score (nSPS) is 17.2. The predicted molar refractivity (Wildman–Crippen MR) is 41.1 cm³/mol. The summed E-state index contributed by atoms with van der Waals surface area (Å²) in [5.41, 5.74) is 1.61. The number of hydrogen-bond acceptors (Lipinski definition) is 5. The average molecular weight is 165 g/mol. The molecule has 0 amide bonds. The van der Waals surface area contributed by atoms with Gasteiger partial charge in [0, 0.05) is 0 Å². The number of nitrogens with zero attached hydrogens (tertiary/aromatic N) is 3. The molecule has 0 atom stereocenters. The maximum absolute atomic E-state index is 5.18. The maximum Gasteiger partial charge on any atom is 0.243 e. The summed E-state index contributed by atoms with van der Waals surface area (Å²) in [6.45, 7) is 0.405. The van der Waals surface area contributed by atoms with Gasteiger partial charge in [0.05, 0.1) is 11.8 Å². The van der Waals surface area contributed by atoms with Crippen molar-refractivity contribution < 1.29 is 9.57 Å². The fourth-order valence-electron chi connectivity index (χ4n) is 1.05. The van der Waals surface area contributed by atoms with Crippen molar-refractivity contribution in [1.29, 1.82) is 0 Å². The van der Waals surface area contributed by atoms with E-state index in [0.29, 0.717) is 12.5 Å². The van der Waals surface area contributed by atoms with Crippen molar-refractivity contribution in [2.24, 2.45) is 5.16 Å². The largest absolute Gasteiger partial charge is 0.469 e. The Morgan fingerprint density at radius 3 is 3.42 bits per heavy atom. The maximum atomic E-state index is 5.18. The highest BCUT2D eigenvalue weighted by molar-refractivity contribution is 6.05. The average Bonchev–Trinajstić information content (AvgIpc) is 2.50. The number of oxime groups is 1. The lowest BCUT2D eigenvalue weighted by atomic mass is 10.2. The predicted octanol–water partition coefficient (Wildman–Crippen LogP) is 0.219. The number of aromatic nitrogens is 2. The van der Waals surface area contributed by atoms with Crippen LogP contribution in [0.3, 0.4) is 0 Å². The van der Waals surface area contributed by atoms with Gasteiger partial charge in [0.1, 0.15) is 19.4 Å². The van der Waals surface area contributed by atoms with E-state index in [-0.39, 0.29) is 0 Å². The first-order chi connectivity index (χ1) is 5.92. The Hall–Kier alpha value is -1.65. The molecular weight excluding hydrogens is 158 g/mol. The summed E-state index contributed by atoms with van der Waals surface area (Å²) in [7, 11) is 1.50. The molecule has 0 aromatic carbocycles. The summed E-state index contributed by atoms with van der Waals surface area (Å²) < 4.78 is 5.18. The second-order valence-electron chi connectivity index (χ2n) is 2.26. The molecule has 0 spiro atoms. The zero-order valence-corrected chi connectivity index (χ0v) is 6.52. The highest BCUT2D eigenvalue weighted by atomic mass is 16.6. The molecule has 0 unspecified atom stereocenters. The van der Waals surface area contributed by atoms with Crippen LogP contribution >= 0.6 is 0 Å². The minimum Gasteiger partial charge on any atom is -0.469 e. The van der Waals surface area contributed by atoms with E-state index in [1.165, 1.54) is 7.11 Å². The smallest absolute Gasteiger partial charge is 0.243 e. The summed E-state index contributed by atoms with van der Waals surface area (Å²) in [5.74, 6) is 0.522. The lowest BCUT2D eigenvalue weighted by Crippen LogP contribution is -2.02. The summed E-state index contributed by atoms with van der Waals surface area (Å²) in [6.07, 6.45) is 1.60. The molecule has 0 saturated carbocycles. The van der Waals surface area contributed by atoms with Crippen LogP contribution in [0, 0.1) is 0 Å². The molecule has 0 N–H and O–H groups in total.